The van der Waals surface area contributed by atoms with Gasteiger partial charge in [-0.05, 0) is 19.4 Å². The van der Waals surface area contributed by atoms with Crippen LogP contribution in [0, 0.1) is 0 Å². The number of sulfonamides is 1. The second kappa shape index (κ2) is 9.53. The molecule has 2 heterocycles. The first-order chi connectivity index (χ1) is 13.3. The fourth-order valence-electron chi connectivity index (χ4n) is 3.46. The highest BCUT2D eigenvalue weighted by Gasteiger charge is 2.53. The monoisotopic (exact) mass is 414 g/mol. The lowest BCUT2D eigenvalue weighted by atomic mass is 9.98. The SMILES string of the molecule is C=C/C(=C\N=C(C)N1CCCN(S(=O)(=O)C2(C(N)=O)CCOCC2)CC1)OC. The van der Waals surface area contributed by atoms with Gasteiger partial charge in [-0.15, -0.1) is 0 Å². The molecule has 10 heteroatoms. The van der Waals surface area contributed by atoms with Crippen LogP contribution in [0.1, 0.15) is 26.2 Å². The summed E-state index contributed by atoms with van der Waals surface area (Å²) in [5.74, 6) is 0.504. The molecule has 2 aliphatic rings. The number of amidine groups is 1. The molecule has 0 aromatic heterocycles. The van der Waals surface area contributed by atoms with Gasteiger partial charge in [0.1, 0.15) is 11.6 Å². The maximum atomic E-state index is 13.3. The van der Waals surface area contributed by atoms with Crippen molar-refractivity contribution in [1.82, 2.24) is 9.21 Å². The van der Waals surface area contributed by atoms with Crippen molar-refractivity contribution in [1.29, 1.82) is 0 Å². The molecular weight excluding hydrogens is 384 g/mol. The third-order valence-electron chi connectivity index (χ3n) is 5.31. The summed E-state index contributed by atoms with van der Waals surface area (Å²) >= 11 is 0. The number of primary amides is 1. The average Bonchev–Trinajstić information content (AvgIpc) is 2.95. The van der Waals surface area contributed by atoms with Crippen LogP contribution >= 0.6 is 0 Å². The van der Waals surface area contributed by atoms with Crippen LogP contribution in [-0.2, 0) is 24.3 Å². The maximum absolute atomic E-state index is 13.3. The van der Waals surface area contributed by atoms with Crippen molar-refractivity contribution in [3.63, 3.8) is 0 Å². The summed E-state index contributed by atoms with van der Waals surface area (Å²) in [5.41, 5.74) is 5.55. The number of hydrogen-bond acceptors (Lipinski definition) is 6. The third-order valence-corrected chi connectivity index (χ3v) is 7.95. The number of ether oxygens (including phenoxy) is 2. The molecule has 2 fully saturated rings. The van der Waals surface area contributed by atoms with Crippen LogP contribution in [0.4, 0.5) is 0 Å². The summed E-state index contributed by atoms with van der Waals surface area (Å²) in [7, 11) is -2.35. The van der Waals surface area contributed by atoms with Gasteiger partial charge in [-0.25, -0.2) is 13.4 Å². The van der Waals surface area contributed by atoms with E-state index in [9.17, 15) is 13.2 Å². The van der Waals surface area contributed by atoms with Crippen LogP contribution < -0.4 is 5.73 Å². The van der Waals surface area contributed by atoms with Crippen molar-refractivity contribution >= 4 is 21.8 Å². The van der Waals surface area contributed by atoms with Gasteiger partial charge >= 0.3 is 0 Å². The second-order valence-electron chi connectivity index (χ2n) is 6.83. The van der Waals surface area contributed by atoms with Gasteiger partial charge in [-0.2, -0.15) is 4.31 Å². The van der Waals surface area contributed by atoms with E-state index in [4.69, 9.17) is 15.2 Å². The molecule has 9 nitrogen and oxygen atoms in total. The topological polar surface area (TPSA) is 115 Å². The quantitative estimate of drug-likeness (QED) is 0.292. The van der Waals surface area contributed by atoms with Crippen molar-refractivity contribution in [3.05, 3.63) is 24.6 Å². The largest absolute Gasteiger partial charge is 0.495 e. The van der Waals surface area contributed by atoms with Crippen molar-refractivity contribution in [2.75, 3.05) is 46.5 Å². The number of carbonyl (C=O) groups excluding carboxylic acids is 1. The van der Waals surface area contributed by atoms with E-state index in [0.29, 0.717) is 31.8 Å². The minimum Gasteiger partial charge on any atom is -0.495 e. The lowest BCUT2D eigenvalue weighted by Gasteiger charge is -2.37. The van der Waals surface area contributed by atoms with Gasteiger partial charge in [0.05, 0.1) is 13.3 Å². The van der Waals surface area contributed by atoms with Crippen LogP contribution in [0.5, 0.6) is 0 Å². The number of amides is 1. The van der Waals surface area contributed by atoms with Crippen LogP contribution in [0.25, 0.3) is 0 Å². The molecule has 2 aliphatic heterocycles. The molecule has 0 aromatic rings. The number of nitrogens with zero attached hydrogens (tertiary/aromatic N) is 3. The maximum Gasteiger partial charge on any atom is 0.240 e. The number of allylic oxidation sites excluding steroid dienone is 1. The van der Waals surface area contributed by atoms with E-state index in [1.54, 1.807) is 12.3 Å². The molecule has 0 aliphatic carbocycles. The third kappa shape index (κ3) is 4.56. The summed E-state index contributed by atoms with van der Waals surface area (Å²) < 4.78 is 36.8. The van der Waals surface area contributed by atoms with Crippen LogP contribution in [0.2, 0.25) is 0 Å². The molecule has 0 aromatic carbocycles. The summed E-state index contributed by atoms with van der Waals surface area (Å²) in [6.07, 6.45) is 3.95. The summed E-state index contributed by atoms with van der Waals surface area (Å²) in [4.78, 5) is 18.5. The van der Waals surface area contributed by atoms with Gasteiger partial charge in [-0.3, -0.25) is 4.79 Å². The summed E-state index contributed by atoms with van der Waals surface area (Å²) in [6.45, 7) is 7.69. The van der Waals surface area contributed by atoms with Gasteiger partial charge in [-0.1, -0.05) is 6.58 Å². The first-order valence-electron chi connectivity index (χ1n) is 9.32. The Morgan fingerprint density at radius 2 is 1.93 bits per heavy atom. The van der Waals surface area contributed by atoms with E-state index in [2.05, 4.69) is 11.6 Å². The Balaban J connectivity index is 2.16. The minimum absolute atomic E-state index is 0.0948. The van der Waals surface area contributed by atoms with Crippen molar-refractivity contribution in [2.45, 2.75) is 30.9 Å². The molecule has 2 N–H and O–H groups in total. The molecule has 0 saturated carbocycles. The van der Waals surface area contributed by atoms with E-state index in [-0.39, 0.29) is 32.6 Å². The van der Waals surface area contributed by atoms with Crippen molar-refractivity contribution in [2.24, 2.45) is 10.7 Å². The Kier molecular flexibility index (Phi) is 7.62. The zero-order valence-electron chi connectivity index (χ0n) is 16.6. The highest BCUT2D eigenvalue weighted by Crippen LogP contribution is 2.32. The van der Waals surface area contributed by atoms with E-state index < -0.39 is 20.7 Å². The lowest BCUT2D eigenvalue weighted by Crippen LogP contribution is -2.59. The molecule has 28 heavy (non-hydrogen) atoms. The van der Waals surface area contributed by atoms with E-state index in [1.807, 2.05) is 11.8 Å². The zero-order valence-corrected chi connectivity index (χ0v) is 17.4. The lowest BCUT2D eigenvalue weighted by molar-refractivity contribution is -0.123. The average molecular weight is 415 g/mol. The van der Waals surface area contributed by atoms with Crippen molar-refractivity contribution < 1.29 is 22.7 Å². The van der Waals surface area contributed by atoms with Crippen LogP contribution in [-0.4, -0.2) is 80.6 Å². The van der Waals surface area contributed by atoms with Gasteiger partial charge in [0.2, 0.25) is 15.9 Å². The Morgan fingerprint density at radius 1 is 1.25 bits per heavy atom. The predicted molar refractivity (Wildman–Crippen MR) is 107 cm³/mol. The molecule has 2 saturated heterocycles. The molecule has 1 amide bonds. The molecule has 0 bridgehead atoms. The van der Waals surface area contributed by atoms with E-state index in [0.717, 1.165) is 5.84 Å². The first kappa shape index (κ1) is 22.4. The van der Waals surface area contributed by atoms with Gasteiger partial charge in [0.25, 0.3) is 0 Å². The Hall–Kier alpha value is -1.91. The molecule has 158 valence electrons. The van der Waals surface area contributed by atoms with E-state index in [1.165, 1.54) is 11.4 Å². The predicted octanol–water partition coefficient (Wildman–Crippen LogP) is 0.451. The highest BCUT2D eigenvalue weighted by molar-refractivity contribution is 7.91. The Morgan fingerprint density at radius 3 is 2.50 bits per heavy atom. The normalized spacial score (nSPS) is 22.4. The fraction of sp³-hybridized carbons (Fsp3) is 0.667. The van der Waals surface area contributed by atoms with Gasteiger partial charge in [0.15, 0.2) is 4.75 Å². The zero-order chi connectivity index (χ0) is 20.8. The number of nitrogens with two attached hydrogens (primary N) is 1. The molecular formula is C18H30N4O5S. The fourth-order valence-corrected chi connectivity index (χ4v) is 5.59. The standard InChI is InChI=1S/C18H30N4O5S/c1-4-16(26-3)14-20-15(2)21-8-5-9-22(11-10-21)28(24,25)18(17(19)23)6-12-27-13-7-18/h4,14H,1,5-13H2,2-3H3,(H2,19,23)/b16-14+,20-15?. The number of aliphatic imine (C=N–C) groups is 1. The smallest absolute Gasteiger partial charge is 0.240 e. The van der Waals surface area contributed by atoms with Gasteiger partial charge < -0.3 is 20.1 Å². The van der Waals surface area contributed by atoms with E-state index >= 15 is 0 Å². The second-order valence-corrected chi connectivity index (χ2v) is 9.08. The molecule has 0 unspecified atom stereocenters. The molecule has 0 spiro atoms. The number of hydrogen-bond donors (Lipinski definition) is 1. The number of rotatable bonds is 6. The van der Waals surface area contributed by atoms with Gasteiger partial charge in [0, 0.05) is 52.2 Å². The van der Waals surface area contributed by atoms with Crippen LogP contribution in [0.15, 0.2) is 29.6 Å². The molecule has 2 rings (SSSR count). The first-order valence-corrected chi connectivity index (χ1v) is 10.8. The molecule has 0 radical (unpaired) electrons. The summed E-state index contributed by atoms with van der Waals surface area (Å²) in [6, 6.07) is 0. The van der Waals surface area contributed by atoms with Crippen LogP contribution in [0.3, 0.4) is 0 Å². The van der Waals surface area contributed by atoms with Crippen molar-refractivity contribution in [3.8, 4) is 0 Å². The number of carbonyl (C=O) groups is 1. The summed E-state index contributed by atoms with van der Waals surface area (Å²) in [5, 5.41) is 0. The Bertz CT molecular complexity index is 741. The number of methoxy groups -OCH3 is 1. The Labute approximate surface area is 166 Å². The molecule has 0 atom stereocenters. The minimum atomic E-state index is -3.88. The highest BCUT2D eigenvalue weighted by atomic mass is 32.2.